The van der Waals surface area contributed by atoms with E-state index in [1.807, 2.05) is 30.3 Å². The predicted molar refractivity (Wildman–Crippen MR) is 110 cm³/mol. The van der Waals surface area contributed by atoms with E-state index in [0.717, 1.165) is 0 Å². The van der Waals surface area contributed by atoms with Crippen molar-refractivity contribution in [2.75, 3.05) is 11.9 Å². The van der Waals surface area contributed by atoms with Gasteiger partial charge in [-0.15, -0.1) is 0 Å². The van der Waals surface area contributed by atoms with E-state index >= 15 is 0 Å². The summed E-state index contributed by atoms with van der Waals surface area (Å²) in [5, 5.41) is 5.19. The highest BCUT2D eigenvalue weighted by Crippen LogP contribution is 2.22. The Bertz CT molecular complexity index is 842. The fourth-order valence-electron chi connectivity index (χ4n) is 2.16. The van der Waals surface area contributed by atoms with E-state index in [2.05, 4.69) is 10.6 Å². The highest BCUT2D eigenvalue weighted by atomic mass is 16.5. The molecule has 2 N–H and O–H groups in total. The van der Waals surface area contributed by atoms with Crippen molar-refractivity contribution in [2.45, 2.75) is 33.7 Å². The van der Waals surface area contributed by atoms with E-state index in [9.17, 15) is 14.4 Å². The van der Waals surface area contributed by atoms with Crippen LogP contribution in [-0.4, -0.2) is 30.4 Å². The maximum atomic E-state index is 12.0. The highest BCUT2D eigenvalue weighted by molar-refractivity contribution is 5.93. The van der Waals surface area contributed by atoms with Gasteiger partial charge in [-0.25, -0.2) is 4.79 Å². The summed E-state index contributed by atoms with van der Waals surface area (Å²) in [4.78, 5) is 35.8. The van der Waals surface area contributed by atoms with Crippen LogP contribution in [0.5, 0.6) is 11.5 Å². The third-order valence-corrected chi connectivity index (χ3v) is 3.84. The Labute approximate surface area is 170 Å². The standard InChI is InChI=1S/C22H26N2O5/c1-15(23-21(27)22(2,3)4)20(26)28-14-19(25)24-16-10-12-18(13-11-16)29-17-8-6-5-7-9-17/h5-13,15H,14H2,1-4H3,(H,23,27)(H,24,25). The second-order valence-corrected chi connectivity index (χ2v) is 7.54. The van der Waals surface area contributed by atoms with Crippen molar-refractivity contribution in [3.8, 4) is 11.5 Å². The fraction of sp³-hybridized carbons (Fsp3) is 0.318. The maximum Gasteiger partial charge on any atom is 0.328 e. The summed E-state index contributed by atoms with van der Waals surface area (Å²) in [6.07, 6.45) is 0. The molecule has 154 valence electrons. The molecule has 0 radical (unpaired) electrons. The molecule has 0 saturated heterocycles. The molecule has 1 atom stereocenters. The Kier molecular flexibility index (Phi) is 7.36. The number of amides is 2. The Morgan fingerprint density at radius 1 is 0.931 bits per heavy atom. The number of rotatable bonds is 7. The summed E-state index contributed by atoms with van der Waals surface area (Å²) in [5.41, 5.74) is -0.0805. The van der Waals surface area contributed by atoms with Crippen molar-refractivity contribution in [3.05, 3.63) is 54.6 Å². The van der Waals surface area contributed by atoms with Gasteiger partial charge >= 0.3 is 5.97 Å². The van der Waals surface area contributed by atoms with Gasteiger partial charge < -0.3 is 20.1 Å². The zero-order valence-corrected chi connectivity index (χ0v) is 17.0. The lowest BCUT2D eigenvalue weighted by atomic mass is 9.95. The molecule has 0 saturated carbocycles. The molecule has 2 rings (SSSR count). The lowest BCUT2D eigenvalue weighted by molar-refractivity contribution is -0.150. The van der Waals surface area contributed by atoms with E-state index in [4.69, 9.17) is 9.47 Å². The molecule has 0 aromatic heterocycles. The van der Waals surface area contributed by atoms with Crippen molar-refractivity contribution in [1.29, 1.82) is 0 Å². The Morgan fingerprint density at radius 2 is 1.52 bits per heavy atom. The predicted octanol–water partition coefficient (Wildman–Crippen LogP) is 3.51. The zero-order chi connectivity index (χ0) is 21.4. The molecule has 1 unspecified atom stereocenters. The molecule has 7 nitrogen and oxygen atoms in total. The van der Waals surface area contributed by atoms with Gasteiger partial charge in [-0.2, -0.15) is 0 Å². The van der Waals surface area contributed by atoms with Crippen molar-refractivity contribution in [1.82, 2.24) is 5.32 Å². The summed E-state index contributed by atoms with van der Waals surface area (Å²) < 4.78 is 10.6. The van der Waals surface area contributed by atoms with Gasteiger partial charge in [-0.3, -0.25) is 9.59 Å². The van der Waals surface area contributed by atoms with Crippen molar-refractivity contribution in [2.24, 2.45) is 5.41 Å². The summed E-state index contributed by atoms with van der Waals surface area (Å²) >= 11 is 0. The molecular weight excluding hydrogens is 372 g/mol. The zero-order valence-electron chi connectivity index (χ0n) is 17.0. The molecule has 0 fully saturated rings. The summed E-state index contributed by atoms with van der Waals surface area (Å²) in [6, 6.07) is 15.3. The Balaban J connectivity index is 1.78. The largest absolute Gasteiger partial charge is 0.457 e. The first-order chi connectivity index (χ1) is 13.6. The molecule has 2 aromatic carbocycles. The van der Waals surface area contributed by atoms with Crippen LogP contribution < -0.4 is 15.4 Å². The minimum atomic E-state index is -0.844. The van der Waals surface area contributed by atoms with Crippen LogP contribution in [0.2, 0.25) is 0 Å². The van der Waals surface area contributed by atoms with Gasteiger partial charge in [0.05, 0.1) is 0 Å². The van der Waals surface area contributed by atoms with Gasteiger partial charge in [0.25, 0.3) is 5.91 Å². The molecule has 29 heavy (non-hydrogen) atoms. The van der Waals surface area contributed by atoms with Crippen LogP contribution >= 0.6 is 0 Å². The monoisotopic (exact) mass is 398 g/mol. The minimum Gasteiger partial charge on any atom is -0.457 e. The van der Waals surface area contributed by atoms with E-state index in [-0.39, 0.29) is 5.91 Å². The van der Waals surface area contributed by atoms with E-state index in [1.54, 1.807) is 45.0 Å². The summed E-state index contributed by atoms with van der Waals surface area (Å²) in [6.45, 7) is 6.28. The quantitative estimate of drug-likeness (QED) is 0.696. The molecule has 2 amide bonds. The number of carbonyl (C=O) groups excluding carboxylic acids is 3. The van der Waals surface area contributed by atoms with Gasteiger partial charge in [-0.1, -0.05) is 39.0 Å². The van der Waals surface area contributed by atoms with Crippen LogP contribution in [0.1, 0.15) is 27.7 Å². The second kappa shape index (κ2) is 9.73. The third-order valence-electron chi connectivity index (χ3n) is 3.84. The molecule has 0 spiro atoms. The number of hydrogen-bond acceptors (Lipinski definition) is 5. The van der Waals surface area contributed by atoms with Crippen LogP contribution in [0.25, 0.3) is 0 Å². The first kappa shape index (κ1) is 21.9. The van der Waals surface area contributed by atoms with Crippen LogP contribution in [0.15, 0.2) is 54.6 Å². The smallest absolute Gasteiger partial charge is 0.328 e. The lowest BCUT2D eigenvalue weighted by Crippen LogP contribution is -2.45. The molecule has 7 heteroatoms. The molecular formula is C22H26N2O5. The van der Waals surface area contributed by atoms with Crippen LogP contribution in [0.3, 0.4) is 0 Å². The minimum absolute atomic E-state index is 0.274. The van der Waals surface area contributed by atoms with E-state index in [1.165, 1.54) is 6.92 Å². The van der Waals surface area contributed by atoms with Crippen molar-refractivity contribution < 1.29 is 23.9 Å². The average molecular weight is 398 g/mol. The molecule has 0 aliphatic carbocycles. The summed E-state index contributed by atoms with van der Waals surface area (Å²) in [5.74, 6) is -0.0918. The van der Waals surface area contributed by atoms with Gasteiger partial charge in [0.15, 0.2) is 6.61 Å². The molecule has 0 heterocycles. The van der Waals surface area contributed by atoms with Crippen LogP contribution in [0.4, 0.5) is 5.69 Å². The number of para-hydroxylation sites is 1. The maximum absolute atomic E-state index is 12.0. The van der Waals surface area contributed by atoms with Crippen molar-refractivity contribution >= 4 is 23.5 Å². The number of hydrogen-bond donors (Lipinski definition) is 2. The first-order valence-corrected chi connectivity index (χ1v) is 9.25. The summed E-state index contributed by atoms with van der Waals surface area (Å²) in [7, 11) is 0. The molecule has 0 aliphatic heterocycles. The van der Waals surface area contributed by atoms with E-state index in [0.29, 0.717) is 17.2 Å². The molecule has 2 aromatic rings. The SMILES string of the molecule is CC(NC(=O)C(C)(C)C)C(=O)OCC(=O)Nc1ccc(Oc2ccccc2)cc1. The number of nitrogens with one attached hydrogen (secondary N) is 2. The van der Waals surface area contributed by atoms with Crippen molar-refractivity contribution in [3.63, 3.8) is 0 Å². The molecule has 0 aliphatic rings. The van der Waals surface area contributed by atoms with Crippen LogP contribution in [-0.2, 0) is 19.1 Å². The Morgan fingerprint density at radius 3 is 2.10 bits per heavy atom. The van der Waals surface area contributed by atoms with E-state index < -0.39 is 29.9 Å². The number of benzene rings is 2. The van der Waals surface area contributed by atoms with Gasteiger partial charge in [0.2, 0.25) is 5.91 Å². The number of anilines is 1. The van der Waals surface area contributed by atoms with Gasteiger partial charge in [0.1, 0.15) is 17.5 Å². The lowest BCUT2D eigenvalue weighted by Gasteiger charge is -2.20. The van der Waals surface area contributed by atoms with Gasteiger partial charge in [0, 0.05) is 11.1 Å². The van der Waals surface area contributed by atoms with Crippen LogP contribution in [0, 0.1) is 5.41 Å². The molecule has 0 bridgehead atoms. The highest BCUT2D eigenvalue weighted by Gasteiger charge is 2.26. The number of esters is 1. The number of carbonyl (C=O) groups is 3. The Hall–Kier alpha value is -3.35. The normalized spacial score (nSPS) is 11.9. The topological polar surface area (TPSA) is 93.7 Å². The van der Waals surface area contributed by atoms with Gasteiger partial charge in [-0.05, 0) is 43.3 Å². The fourth-order valence-corrected chi connectivity index (χ4v) is 2.16. The average Bonchev–Trinajstić information content (AvgIpc) is 2.67. The third kappa shape index (κ3) is 7.29. The number of ether oxygens (including phenoxy) is 2. The first-order valence-electron chi connectivity index (χ1n) is 9.25. The second-order valence-electron chi connectivity index (χ2n) is 7.54.